The van der Waals surface area contributed by atoms with Gasteiger partial charge in [-0.05, 0) is 68.2 Å². The molecule has 2 N–H and O–H groups in total. The average Bonchev–Trinajstić information content (AvgIpc) is 2.22. The quantitative estimate of drug-likeness (QED) is 0.587. The van der Waals surface area contributed by atoms with Crippen molar-refractivity contribution in [3.05, 3.63) is 0 Å². The third-order valence-corrected chi connectivity index (χ3v) is 3.12. The van der Waals surface area contributed by atoms with Crippen molar-refractivity contribution in [1.29, 1.82) is 0 Å². The van der Waals surface area contributed by atoms with E-state index in [-0.39, 0.29) is 5.54 Å². The van der Waals surface area contributed by atoms with Gasteiger partial charge in [0.1, 0.15) is 0 Å². The van der Waals surface area contributed by atoms with Gasteiger partial charge in [0.2, 0.25) is 0 Å². The number of rotatable bonds is 9. The summed E-state index contributed by atoms with van der Waals surface area (Å²) in [6.07, 6.45) is 2.34. The molecule has 0 aliphatic heterocycles. The van der Waals surface area contributed by atoms with Crippen molar-refractivity contribution in [1.82, 2.24) is 20.4 Å². The van der Waals surface area contributed by atoms with Crippen LogP contribution < -0.4 is 10.6 Å². The molecular weight excluding hydrogens is 200 g/mol. The second-order valence-electron chi connectivity index (χ2n) is 5.17. The molecule has 0 unspecified atom stereocenters. The van der Waals surface area contributed by atoms with Crippen LogP contribution in [0.3, 0.4) is 0 Å². The van der Waals surface area contributed by atoms with Gasteiger partial charge in [-0.1, -0.05) is 0 Å². The van der Waals surface area contributed by atoms with Crippen LogP contribution in [0.1, 0.15) is 12.8 Å². The maximum atomic E-state index is 3.51. The van der Waals surface area contributed by atoms with E-state index >= 15 is 0 Å². The number of hydrogen-bond donors (Lipinski definition) is 2. The van der Waals surface area contributed by atoms with Crippen LogP contribution in [0.4, 0.5) is 0 Å². The molecule has 98 valence electrons. The lowest BCUT2D eigenvalue weighted by Crippen LogP contribution is -2.53. The standard InChI is InChI=1S/C12H30N4/c1-13-11-12(14-2,7-9-15(3)4)8-10-16(5)6/h13-14H,7-11H2,1-6H3. The van der Waals surface area contributed by atoms with E-state index in [2.05, 4.69) is 55.7 Å². The Morgan fingerprint density at radius 1 is 0.875 bits per heavy atom. The van der Waals surface area contributed by atoms with E-state index in [1.165, 1.54) is 12.8 Å². The number of nitrogens with zero attached hydrogens (tertiary/aromatic N) is 2. The van der Waals surface area contributed by atoms with Gasteiger partial charge in [-0.3, -0.25) is 0 Å². The highest BCUT2D eigenvalue weighted by Gasteiger charge is 2.26. The molecule has 0 bridgehead atoms. The third kappa shape index (κ3) is 6.43. The summed E-state index contributed by atoms with van der Waals surface area (Å²) in [6.45, 7) is 3.26. The highest BCUT2D eigenvalue weighted by atomic mass is 15.1. The Labute approximate surface area is 101 Å². The molecule has 0 atom stereocenters. The summed E-state index contributed by atoms with van der Waals surface area (Å²) in [5, 5.41) is 6.82. The van der Waals surface area contributed by atoms with Crippen molar-refractivity contribution >= 4 is 0 Å². The molecule has 0 radical (unpaired) electrons. The van der Waals surface area contributed by atoms with Crippen molar-refractivity contribution in [3.63, 3.8) is 0 Å². The predicted molar refractivity (Wildman–Crippen MR) is 72.1 cm³/mol. The highest BCUT2D eigenvalue weighted by molar-refractivity contribution is 4.90. The van der Waals surface area contributed by atoms with Crippen LogP contribution in [0.15, 0.2) is 0 Å². The minimum atomic E-state index is 0.212. The van der Waals surface area contributed by atoms with E-state index in [1.54, 1.807) is 0 Å². The summed E-state index contributed by atoms with van der Waals surface area (Å²) >= 11 is 0. The number of hydrogen-bond acceptors (Lipinski definition) is 4. The molecule has 0 aliphatic rings. The summed E-state index contributed by atoms with van der Waals surface area (Å²) in [4.78, 5) is 4.49. The molecule has 4 nitrogen and oxygen atoms in total. The fourth-order valence-corrected chi connectivity index (χ4v) is 1.85. The molecule has 0 rings (SSSR count). The second-order valence-corrected chi connectivity index (χ2v) is 5.17. The molecule has 0 aliphatic carbocycles. The van der Waals surface area contributed by atoms with Gasteiger partial charge in [-0.25, -0.2) is 0 Å². The van der Waals surface area contributed by atoms with Gasteiger partial charge < -0.3 is 20.4 Å². The minimum absolute atomic E-state index is 0.212. The smallest absolute Gasteiger partial charge is 0.0327 e. The van der Waals surface area contributed by atoms with E-state index in [0.29, 0.717) is 0 Å². The Kier molecular flexibility index (Phi) is 7.93. The Balaban J connectivity index is 4.31. The summed E-state index contributed by atoms with van der Waals surface area (Å²) < 4.78 is 0. The predicted octanol–water partition coefficient (Wildman–Crippen LogP) is 0.0674. The number of likely N-dealkylation sites (N-methyl/N-ethyl adjacent to an activating group) is 2. The molecule has 4 heteroatoms. The van der Waals surface area contributed by atoms with Gasteiger partial charge in [0.25, 0.3) is 0 Å². The molecule has 0 aromatic carbocycles. The molecular formula is C12H30N4. The van der Waals surface area contributed by atoms with Crippen LogP contribution in [-0.4, -0.2) is 77.3 Å². The van der Waals surface area contributed by atoms with Crippen molar-refractivity contribution in [3.8, 4) is 0 Å². The zero-order valence-corrected chi connectivity index (χ0v) is 11.9. The van der Waals surface area contributed by atoms with Crippen LogP contribution in [-0.2, 0) is 0 Å². The van der Waals surface area contributed by atoms with Crippen molar-refractivity contribution in [2.45, 2.75) is 18.4 Å². The van der Waals surface area contributed by atoms with E-state index in [1.807, 2.05) is 7.05 Å². The maximum Gasteiger partial charge on any atom is 0.0327 e. The Morgan fingerprint density at radius 2 is 1.31 bits per heavy atom. The van der Waals surface area contributed by atoms with Crippen molar-refractivity contribution in [2.75, 3.05) is 61.9 Å². The lowest BCUT2D eigenvalue weighted by Gasteiger charge is -2.35. The molecule has 0 fully saturated rings. The Bertz CT molecular complexity index is 156. The second kappa shape index (κ2) is 8.01. The van der Waals surface area contributed by atoms with E-state index in [0.717, 1.165) is 19.6 Å². The highest BCUT2D eigenvalue weighted by Crippen LogP contribution is 2.15. The zero-order chi connectivity index (χ0) is 12.6. The zero-order valence-electron chi connectivity index (χ0n) is 11.9. The molecule has 0 aromatic heterocycles. The fraction of sp³-hybridized carbons (Fsp3) is 1.00. The van der Waals surface area contributed by atoms with E-state index in [4.69, 9.17) is 0 Å². The lowest BCUT2D eigenvalue weighted by molar-refractivity contribution is 0.229. The first kappa shape index (κ1) is 15.8. The first-order valence-corrected chi connectivity index (χ1v) is 6.09. The minimum Gasteiger partial charge on any atom is -0.318 e. The van der Waals surface area contributed by atoms with Gasteiger partial charge in [0.15, 0.2) is 0 Å². The van der Waals surface area contributed by atoms with Gasteiger partial charge in [-0.15, -0.1) is 0 Å². The molecule has 0 heterocycles. The average molecular weight is 230 g/mol. The first-order chi connectivity index (χ1) is 7.45. The summed E-state index contributed by atoms with van der Waals surface area (Å²) in [7, 11) is 12.6. The SMILES string of the molecule is CNCC(CCN(C)C)(CCN(C)C)NC. The maximum absolute atomic E-state index is 3.51. The normalized spacial score (nSPS) is 12.8. The van der Waals surface area contributed by atoms with Crippen LogP contribution >= 0.6 is 0 Å². The van der Waals surface area contributed by atoms with E-state index < -0.39 is 0 Å². The molecule has 0 amide bonds. The summed E-state index contributed by atoms with van der Waals surface area (Å²) in [5.74, 6) is 0. The van der Waals surface area contributed by atoms with Crippen LogP contribution in [0, 0.1) is 0 Å². The van der Waals surface area contributed by atoms with Crippen molar-refractivity contribution in [2.24, 2.45) is 0 Å². The summed E-state index contributed by atoms with van der Waals surface area (Å²) in [6, 6.07) is 0. The van der Waals surface area contributed by atoms with Gasteiger partial charge >= 0.3 is 0 Å². The van der Waals surface area contributed by atoms with Crippen LogP contribution in [0.25, 0.3) is 0 Å². The topological polar surface area (TPSA) is 30.5 Å². The Hall–Kier alpha value is -0.160. The van der Waals surface area contributed by atoms with Gasteiger partial charge in [-0.2, -0.15) is 0 Å². The summed E-state index contributed by atoms with van der Waals surface area (Å²) in [5.41, 5.74) is 0.212. The van der Waals surface area contributed by atoms with Crippen molar-refractivity contribution < 1.29 is 0 Å². The molecule has 0 aromatic rings. The first-order valence-electron chi connectivity index (χ1n) is 6.09. The molecule has 0 spiro atoms. The largest absolute Gasteiger partial charge is 0.318 e. The van der Waals surface area contributed by atoms with E-state index in [9.17, 15) is 0 Å². The molecule has 16 heavy (non-hydrogen) atoms. The lowest BCUT2D eigenvalue weighted by atomic mass is 9.90. The van der Waals surface area contributed by atoms with Gasteiger partial charge in [0.05, 0.1) is 0 Å². The number of nitrogens with one attached hydrogen (secondary N) is 2. The van der Waals surface area contributed by atoms with Gasteiger partial charge in [0, 0.05) is 12.1 Å². The van der Waals surface area contributed by atoms with Crippen LogP contribution in [0.2, 0.25) is 0 Å². The third-order valence-electron chi connectivity index (χ3n) is 3.12. The molecule has 0 saturated carbocycles. The Morgan fingerprint density at radius 3 is 1.56 bits per heavy atom. The monoisotopic (exact) mass is 230 g/mol. The fourth-order valence-electron chi connectivity index (χ4n) is 1.85. The van der Waals surface area contributed by atoms with Crippen LogP contribution in [0.5, 0.6) is 0 Å². The molecule has 0 saturated heterocycles.